The van der Waals surface area contributed by atoms with E-state index in [4.69, 9.17) is 4.74 Å². The largest absolute Gasteiger partial charge is 0.489 e. The van der Waals surface area contributed by atoms with Crippen LogP contribution in [0.3, 0.4) is 0 Å². The first-order valence-corrected chi connectivity index (χ1v) is 8.93. The summed E-state index contributed by atoms with van der Waals surface area (Å²) >= 11 is 0. The van der Waals surface area contributed by atoms with Crippen LogP contribution >= 0.6 is 24.0 Å². The van der Waals surface area contributed by atoms with Gasteiger partial charge in [0.1, 0.15) is 29.8 Å². The van der Waals surface area contributed by atoms with E-state index < -0.39 is 0 Å². The summed E-state index contributed by atoms with van der Waals surface area (Å²) in [6.45, 7) is 8.74. The molecule has 1 aromatic heterocycles. The maximum atomic E-state index is 12.9. The van der Waals surface area contributed by atoms with E-state index in [-0.39, 0.29) is 35.9 Å². The van der Waals surface area contributed by atoms with Crippen LogP contribution in [0.5, 0.6) is 5.75 Å². The second-order valence-corrected chi connectivity index (χ2v) is 5.82. The minimum absolute atomic E-state index is 0. The van der Waals surface area contributed by atoms with E-state index in [2.05, 4.69) is 32.7 Å². The van der Waals surface area contributed by atoms with Crippen LogP contribution in [0.4, 0.5) is 4.39 Å². The number of nitrogens with one attached hydrogen (secondary N) is 2. The van der Waals surface area contributed by atoms with Crippen LogP contribution in [0.1, 0.15) is 26.6 Å². The summed E-state index contributed by atoms with van der Waals surface area (Å²) in [7, 11) is 0. The Labute approximate surface area is 176 Å². The van der Waals surface area contributed by atoms with Gasteiger partial charge in [-0.25, -0.2) is 9.38 Å². The molecular weight excluding hydrogens is 462 g/mol. The minimum atomic E-state index is -0.277. The third kappa shape index (κ3) is 8.10. The van der Waals surface area contributed by atoms with E-state index in [0.717, 1.165) is 31.3 Å². The molecule has 1 aromatic carbocycles. The molecule has 0 spiro atoms. The Morgan fingerprint density at radius 1 is 1.26 bits per heavy atom. The van der Waals surface area contributed by atoms with Gasteiger partial charge in [0.05, 0.1) is 6.54 Å². The van der Waals surface area contributed by atoms with Gasteiger partial charge in [-0.2, -0.15) is 0 Å². The minimum Gasteiger partial charge on any atom is -0.489 e. The summed E-state index contributed by atoms with van der Waals surface area (Å²) < 4.78 is 20.7. The average Bonchev–Trinajstić information content (AvgIpc) is 3.09. The summed E-state index contributed by atoms with van der Waals surface area (Å²) in [6, 6.07) is 5.99. The fourth-order valence-electron chi connectivity index (χ4n) is 2.38. The molecule has 1 unspecified atom stereocenters. The Bertz CT molecular complexity index is 691. The predicted molar refractivity (Wildman–Crippen MR) is 115 cm³/mol. The first kappa shape index (κ1) is 23.1. The summed E-state index contributed by atoms with van der Waals surface area (Å²) in [5.74, 6) is 2.05. The SMILES string of the molecule is CCNC(=NCC(C)Oc1ccc(F)cc1)NCCn1cnnc1CC.I. The molecule has 0 radical (unpaired) electrons. The van der Waals surface area contributed by atoms with E-state index in [1.807, 2.05) is 18.4 Å². The quantitative estimate of drug-likeness (QED) is 0.321. The van der Waals surface area contributed by atoms with E-state index in [0.29, 0.717) is 18.8 Å². The first-order chi connectivity index (χ1) is 12.6. The average molecular weight is 490 g/mol. The highest BCUT2D eigenvalue weighted by Crippen LogP contribution is 2.13. The molecular formula is C18H28FIN6O. The van der Waals surface area contributed by atoms with E-state index in [1.54, 1.807) is 18.5 Å². The highest BCUT2D eigenvalue weighted by Gasteiger charge is 2.06. The van der Waals surface area contributed by atoms with Gasteiger partial charge < -0.3 is 19.9 Å². The van der Waals surface area contributed by atoms with Gasteiger partial charge in [-0.15, -0.1) is 34.2 Å². The number of hydrogen-bond acceptors (Lipinski definition) is 4. The second kappa shape index (κ2) is 12.5. The number of hydrogen-bond donors (Lipinski definition) is 2. The van der Waals surface area contributed by atoms with E-state index in [1.165, 1.54) is 12.1 Å². The number of ether oxygens (including phenoxy) is 1. The Morgan fingerprint density at radius 2 is 2.00 bits per heavy atom. The normalized spacial score (nSPS) is 12.2. The molecule has 7 nitrogen and oxygen atoms in total. The van der Waals surface area contributed by atoms with Gasteiger partial charge in [0.2, 0.25) is 0 Å². The number of aromatic nitrogens is 3. The highest BCUT2D eigenvalue weighted by molar-refractivity contribution is 14.0. The van der Waals surface area contributed by atoms with Crippen LogP contribution in [-0.2, 0) is 13.0 Å². The van der Waals surface area contributed by atoms with Crippen molar-refractivity contribution in [3.05, 3.63) is 42.2 Å². The molecule has 150 valence electrons. The van der Waals surface area contributed by atoms with Crippen LogP contribution in [0, 0.1) is 5.82 Å². The highest BCUT2D eigenvalue weighted by atomic mass is 127. The van der Waals surface area contributed by atoms with Gasteiger partial charge in [0.25, 0.3) is 0 Å². The molecule has 0 fully saturated rings. The molecule has 2 rings (SSSR count). The van der Waals surface area contributed by atoms with Gasteiger partial charge in [0.15, 0.2) is 5.96 Å². The van der Waals surface area contributed by atoms with Crippen molar-refractivity contribution in [2.24, 2.45) is 4.99 Å². The van der Waals surface area contributed by atoms with Gasteiger partial charge in [0, 0.05) is 26.1 Å². The Morgan fingerprint density at radius 3 is 2.67 bits per heavy atom. The number of halogens is 2. The molecule has 0 aliphatic carbocycles. The zero-order valence-corrected chi connectivity index (χ0v) is 18.3. The number of aryl methyl sites for hydroxylation is 1. The fraction of sp³-hybridized carbons (Fsp3) is 0.500. The van der Waals surface area contributed by atoms with Crippen LogP contribution in [0.2, 0.25) is 0 Å². The van der Waals surface area contributed by atoms with Crippen molar-refractivity contribution in [3.63, 3.8) is 0 Å². The Hall–Kier alpha value is -1.91. The van der Waals surface area contributed by atoms with Crippen molar-refractivity contribution in [2.75, 3.05) is 19.6 Å². The smallest absolute Gasteiger partial charge is 0.191 e. The lowest BCUT2D eigenvalue weighted by atomic mass is 10.3. The number of aliphatic imine (C=N–C) groups is 1. The first-order valence-electron chi connectivity index (χ1n) is 8.93. The zero-order chi connectivity index (χ0) is 18.8. The predicted octanol–water partition coefficient (Wildman–Crippen LogP) is 2.62. The maximum Gasteiger partial charge on any atom is 0.191 e. The molecule has 0 saturated carbocycles. The lowest BCUT2D eigenvalue weighted by molar-refractivity contribution is 0.230. The molecule has 2 N–H and O–H groups in total. The molecule has 2 aromatic rings. The summed E-state index contributed by atoms with van der Waals surface area (Å²) in [5.41, 5.74) is 0. The summed E-state index contributed by atoms with van der Waals surface area (Å²) in [4.78, 5) is 4.54. The Kier molecular flexibility index (Phi) is 10.7. The van der Waals surface area contributed by atoms with Crippen molar-refractivity contribution in [1.82, 2.24) is 25.4 Å². The molecule has 0 saturated heterocycles. The topological polar surface area (TPSA) is 76.4 Å². The maximum absolute atomic E-state index is 12.9. The van der Waals surface area contributed by atoms with Crippen LogP contribution in [0.25, 0.3) is 0 Å². The molecule has 9 heteroatoms. The van der Waals surface area contributed by atoms with E-state index >= 15 is 0 Å². The lowest BCUT2D eigenvalue weighted by Crippen LogP contribution is -2.39. The number of rotatable bonds is 9. The summed E-state index contributed by atoms with van der Waals surface area (Å²) in [5, 5.41) is 14.5. The van der Waals surface area contributed by atoms with Crippen LogP contribution in [-0.4, -0.2) is 46.5 Å². The van der Waals surface area contributed by atoms with Crippen LogP contribution in [0.15, 0.2) is 35.6 Å². The fourth-order valence-corrected chi connectivity index (χ4v) is 2.38. The second-order valence-electron chi connectivity index (χ2n) is 5.82. The van der Waals surface area contributed by atoms with Crippen molar-refractivity contribution in [1.29, 1.82) is 0 Å². The third-order valence-electron chi connectivity index (χ3n) is 3.66. The van der Waals surface area contributed by atoms with Gasteiger partial charge >= 0.3 is 0 Å². The molecule has 0 amide bonds. The monoisotopic (exact) mass is 490 g/mol. The van der Waals surface area contributed by atoms with Gasteiger partial charge in [-0.05, 0) is 38.1 Å². The third-order valence-corrected chi connectivity index (χ3v) is 3.66. The molecule has 0 bridgehead atoms. The van der Waals surface area contributed by atoms with Crippen molar-refractivity contribution < 1.29 is 9.13 Å². The van der Waals surface area contributed by atoms with Gasteiger partial charge in [-0.1, -0.05) is 6.92 Å². The van der Waals surface area contributed by atoms with Crippen molar-refractivity contribution >= 4 is 29.9 Å². The number of guanidine groups is 1. The summed E-state index contributed by atoms with van der Waals surface area (Å²) in [6.07, 6.45) is 2.47. The molecule has 0 aliphatic heterocycles. The van der Waals surface area contributed by atoms with Gasteiger partial charge in [-0.3, -0.25) is 0 Å². The number of nitrogens with zero attached hydrogens (tertiary/aromatic N) is 4. The molecule has 0 aliphatic rings. The van der Waals surface area contributed by atoms with Crippen molar-refractivity contribution in [3.8, 4) is 5.75 Å². The molecule has 1 atom stereocenters. The Balaban J connectivity index is 0.00000364. The van der Waals surface area contributed by atoms with E-state index in [9.17, 15) is 4.39 Å². The zero-order valence-electron chi connectivity index (χ0n) is 16.0. The molecule has 27 heavy (non-hydrogen) atoms. The standard InChI is InChI=1S/C18H27FN6O.HI/c1-4-17-24-23-13-25(17)11-10-21-18(20-5-2)22-12-14(3)26-16-8-6-15(19)7-9-16;/h6-9,13-14H,4-5,10-12H2,1-3H3,(H2,20,21,22);1H. The molecule has 1 heterocycles. The van der Waals surface area contributed by atoms with Crippen molar-refractivity contribution in [2.45, 2.75) is 39.8 Å². The lowest BCUT2D eigenvalue weighted by Gasteiger charge is -2.15. The number of benzene rings is 1. The van der Waals surface area contributed by atoms with Crippen LogP contribution < -0.4 is 15.4 Å².